The maximum atomic E-state index is 11.6. The van der Waals surface area contributed by atoms with E-state index < -0.39 is 10.0 Å². The first-order valence-corrected chi connectivity index (χ1v) is 9.41. The van der Waals surface area contributed by atoms with Gasteiger partial charge in [0.05, 0.1) is 24.7 Å². The van der Waals surface area contributed by atoms with E-state index in [0.717, 1.165) is 19.6 Å². The van der Waals surface area contributed by atoms with Gasteiger partial charge in [0, 0.05) is 56.8 Å². The number of aromatic nitrogens is 2. The molecule has 124 valence electrons. The van der Waals surface area contributed by atoms with Crippen LogP contribution in [0.1, 0.15) is 12.5 Å². The minimum absolute atomic E-state index is 0.127. The summed E-state index contributed by atoms with van der Waals surface area (Å²) >= 11 is 0. The Morgan fingerprint density at radius 1 is 1.45 bits per heavy atom. The molecule has 8 heteroatoms. The summed E-state index contributed by atoms with van der Waals surface area (Å²) in [6.07, 6.45) is 4.15. The summed E-state index contributed by atoms with van der Waals surface area (Å²) in [5.74, 6) is 0.809. The molecule has 1 N–H and O–H groups in total. The second-order valence-electron chi connectivity index (χ2n) is 6.26. The Hall–Kier alpha value is -0.960. The van der Waals surface area contributed by atoms with E-state index in [1.807, 2.05) is 24.1 Å². The van der Waals surface area contributed by atoms with Gasteiger partial charge >= 0.3 is 0 Å². The fraction of sp³-hybridized carbons (Fsp3) is 0.786. The van der Waals surface area contributed by atoms with Gasteiger partial charge in [-0.05, 0) is 6.92 Å². The zero-order chi connectivity index (χ0) is 15.7. The van der Waals surface area contributed by atoms with Gasteiger partial charge in [0.2, 0.25) is 10.0 Å². The van der Waals surface area contributed by atoms with Crippen LogP contribution in [0.4, 0.5) is 0 Å². The lowest BCUT2D eigenvalue weighted by Gasteiger charge is -2.19. The van der Waals surface area contributed by atoms with Crippen LogP contribution < -0.4 is 4.72 Å². The van der Waals surface area contributed by atoms with Gasteiger partial charge in [0.1, 0.15) is 0 Å². The van der Waals surface area contributed by atoms with Crippen molar-refractivity contribution in [2.45, 2.75) is 19.6 Å². The van der Waals surface area contributed by atoms with E-state index >= 15 is 0 Å². The molecule has 0 unspecified atom stereocenters. The van der Waals surface area contributed by atoms with Crippen LogP contribution >= 0.6 is 0 Å². The number of fused-ring (bicyclic) bond motifs is 1. The standard InChI is InChI=1S/C14H24N4O3S/c1-3-22(19,20)16-5-12-10-21-14-9-18(8-13(12)14)7-11-4-15-17(2)6-11/h4,6,12-14,16H,3,5,7-10H2,1-2H3/t12-,13+,14+/m1/s1. The van der Waals surface area contributed by atoms with Gasteiger partial charge < -0.3 is 4.74 Å². The summed E-state index contributed by atoms with van der Waals surface area (Å²) in [6, 6.07) is 0. The highest BCUT2D eigenvalue weighted by molar-refractivity contribution is 7.89. The van der Waals surface area contributed by atoms with Crippen molar-refractivity contribution in [1.82, 2.24) is 19.4 Å². The fourth-order valence-corrected chi connectivity index (χ4v) is 4.04. The van der Waals surface area contributed by atoms with Crippen LogP contribution in [-0.2, 0) is 28.4 Å². The van der Waals surface area contributed by atoms with Gasteiger partial charge in [-0.2, -0.15) is 5.10 Å². The van der Waals surface area contributed by atoms with E-state index in [1.54, 1.807) is 6.92 Å². The van der Waals surface area contributed by atoms with Crippen molar-refractivity contribution in [3.8, 4) is 0 Å². The monoisotopic (exact) mass is 328 g/mol. The molecular weight excluding hydrogens is 304 g/mol. The van der Waals surface area contributed by atoms with Crippen molar-refractivity contribution in [3.63, 3.8) is 0 Å². The lowest BCUT2D eigenvalue weighted by Crippen LogP contribution is -2.34. The van der Waals surface area contributed by atoms with Gasteiger partial charge in [0.25, 0.3) is 0 Å². The first kappa shape index (κ1) is 15.9. The molecule has 0 aliphatic carbocycles. The average molecular weight is 328 g/mol. The molecule has 7 nitrogen and oxygen atoms in total. The lowest BCUT2D eigenvalue weighted by molar-refractivity contribution is 0.0942. The minimum Gasteiger partial charge on any atom is -0.376 e. The highest BCUT2D eigenvalue weighted by Crippen LogP contribution is 2.34. The van der Waals surface area contributed by atoms with Gasteiger partial charge in [-0.1, -0.05) is 0 Å². The molecule has 1 aromatic heterocycles. The third-order valence-electron chi connectivity index (χ3n) is 4.62. The zero-order valence-corrected chi connectivity index (χ0v) is 13.9. The molecular formula is C14H24N4O3S. The molecule has 3 heterocycles. The van der Waals surface area contributed by atoms with E-state index in [4.69, 9.17) is 4.74 Å². The molecule has 0 bridgehead atoms. The fourth-order valence-electron chi connectivity index (χ4n) is 3.37. The number of aryl methyl sites for hydroxylation is 1. The number of ether oxygens (including phenoxy) is 1. The molecule has 2 fully saturated rings. The Kier molecular flexibility index (Phi) is 4.54. The first-order chi connectivity index (χ1) is 10.5. The van der Waals surface area contributed by atoms with Crippen LogP contribution in [0.25, 0.3) is 0 Å². The largest absolute Gasteiger partial charge is 0.376 e. The van der Waals surface area contributed by atoms with Crippen molar-refractivity contribution in [2.75, 3.05) is 32.0 Å². The Balaban J connectivity index is 1.54. The number of nitrogens with one attached hydrogen (secondary N) is 1. The maximum absolute atomic E-state index is 11.6. The molecule has 1 aromatic rings. The van der Waals surface area contributed by atoms with E-state index in [0.29, 0.717) is 19.1 Å². The summed E-state index contributed by atoms with van der Waals surface area (Å²) in [4.78, 5) is 2.37. The molecule has 2 aliphatic heterocycles. The van der Waals surface area contributed by atoms with Crippen LogP contribution in [0.3, 0.4) is 0 Å². The number of sulfonamides is 1. The van der Waals surface area contributed by atoms with Crippen LogP contribution in [0.15, 0.2) is 12.4 Å². The summed E-state index contributed by atoms with van der Waals surface area (Å²) < 4.78 is 33.5. The summed E-state index contributed by atoms with van der Waals surface area (Å²) in [5.41, 5.74) is 1.20. The van der Waals surface area contributed by atoms with E-state index in [1.165, 1.54) is 5.56 Å². The van der Waals surface area contributed by atoms with Crippen molar-refractivity contribution in [1.29, 1.82) is 0 Å². The van der Waals surface area contributed by atoms with E-state index in [-0.39, 0.29) is 17.8 Å². The minimum atomic E-state index is -3.13. The lowest BCUT2D eigenvalue weighted by atomic mass is 9.93. The molecule has 22 heavy (non-hydrogen) atoms. The second-order valence-corrected chi connectivity index (χ2v) is 8.36. The van der Waals surface area contributed by atoms with Crippen molar-refractivity contribution >= 4 is 10.0 Å². The number of hydrogen-bond acceptors (Lipinski definition) is 5. The van der Waals surface area contributed by atoms with Crippen molar-refractivity contribution < 1.29 is 13.2 Å². The number of hydrogen-bond donors (Lipinski definition) is 1. The van der Waals surface area contributed by atoms with Gasteiger partial charge in [-0.15, -0.1) is 0 Å². The van der Waals surface area contributed by atoms with Crippen molar-refractivity contribution in [3.05, 3.63) is 18.0 Å². The maximum Gasteiger partial charge on any atom is 0.211 e. The van der Waals surface area contributed by atoms with Crippen LogP contribution in [0, 0.1) is 11.8 Å². The normalized spacial score (nSPS) is 29.1. The molecule has 0 aromatic carbocycles. The van der Waals surface area contributed by atoms with Gasteiger partial charge in [-0.3, -0.25) is 9.58 Å². The molecule has 0 spiro atoms. The molecule has 3 rings (SSSR count). The predicted molar refractivity (Wildman–Crippen MR) is 82.7 cm³/mol. The Morgan fingerprint density at radius 3 is 2.95 bits per heavy atom. The molecule has 2 aliphatic rings. The predicted octanol–water partition coefficient (Wildman–Crippen LogP) is -0.194. The summed E-state index contributed by atoms with van der Waals surface area (Å²) in [5, 5.41) is 4.19. The molecule has 0 radical (unpaired) electrons. The molecule has 2 saturated heterocycles. The topological polar surface area (TPSA) is 76.5 Å². The highest BCUT2D eigenvalue weighted by atomic mass is 32.2. The van der Waals surface area contributed by atoms with Gasteiger partial charge in [0.15, 0.2) is 0 Å². The zero-order valence-electron chi connectivity index (χ0n) is 13.1. The van der Waals surface area contributed by atoms with Crippen LogP contribution in [0.2, 0.25) is 0 Å². The van der Waals surface area contributed by atoms with Gasteiger partial charge in [-0.25, -0.2) is 13.1 Å². The second kappa shape index (κ2) is 6.27. The Bertz CT molecular complexity index is 615. The molecule has 0 amide bonds. The number of rotatable bonds is 6. The average Bonchev–Trinajstić information content (AvgIpc) is 3.14. The Morgan fingerprint density at radius 2 is 2.27 bits per heavy atom. The third kappa shape index (κ3) is 3.51. The van der Waals surface area contributed by atoms with E-state index in [2.05, 4.69) is 14.7 Å². The highest BCUT2D eigenvalue weighted by Gasteiger charge is 2.43. The third-order valence-corrected chi connectivity index (χ3v) is 5.99. The van der Waals surface area contributed by atoms with E-state index in [9.17, 15) is 8.42 Å². The Labute approximate surface area is 131 Å². The quantitative estimate of drug-likeness (QED) is 0.783. The number of likely N-dealkylation sites (tertiary alicyclic amines) is 1. The summed E-state index contributed by atoms with van der Waals surface area (Å²) in [6.45, 7) is 5.54. The summed E-state index contributed by atoms with van der Waals surface area (Å²) in [7, 11) is -1.21. The number of nitrogens with zero attached hydrogens (tertiary/aromatic N) is 3. The molecule has 0 saturated carbocycles. The first-order valence-electron chi connectivity index (χ1n) is 7.75. The van der Waals surface area contributed by atoms with Crippen molar-refractivity contribution in [2.24, 2.45) is 18.9 Å². The van der Waals surface area contributed by atoms with Crippen LogP contribution in [0.5, 0.6) is 0 Å². The SMILES string of the molecule is CCS(=O)(=O)NC[C@@H]1CO[C@H]2CN(Cc3cnn(C)c3)C[C@@H]12. The molecule has 3 atom stereocenters. The van der Waals surface area contributed by atoms with Crippen LogP contribution in [-0.4, -0.2) is 61.2 Å². The smallest absolute Gasteiger partial charge is 0.211 e.